The van der Waals surface area contributed by atoms with Gasteiger partial charge in [-0.2, -0.15) is 5.26 Å². The zero-order valence-corrected chi connectivity index (χ0v) is 13.3. The van der Waals surface area contributed by atoms with E-state index >= 15 is 0 Å². The highest BCUT2D eigenvalue weighted by atomic mass is 32.3. The van der Waals surface area contributed by atoms with E-state index in [0.29, 0.717) is 18.0 Å². The zero-order chi connectivity index (χ0) is 15.7. The van der Waals surface area contributed by atoms with E-state index in [2.05, 4.69) is 6.07 Å². The molecule has 0 spiro atoms. The summed E-state index contributed by atoms with van der Waals surface area (Å²) in [4.78, 5) is 0. The number of benzene rings is 1. The highest BCUT2D eigenvalue weighted by Crippen LogP contribution is 2.51. The Balaban J connectivity index is 1.92. The first-order chi connectivity index (χ1) is 10.6. The molecular formula is C16H19N3O2S. The highest BCUT2D eigenvalue weighted by Gasteiger charge is 2.28. The van der Waals surface area contributed by atoms with Crippen molar-refractivity contribution in [2.24, 2.45) is 0 Å². The monoisotopic (exact) mass is 317 g/mol. The van der Waals surface area contributed by atoms with Gasteiger partial charge in [0.05, 0.1) is 11.4 Å². The summed E-state index contributed by atoms with van der Waals surface area (Å²) >= 11 is 0. The standard InChI is InChI=1S/C16H19N3O2S/c1-2-18-15(12-17)8-9-16(18)13-4-6-14(7-5-13)19-10-3-11-22(19,20)21/h4-9,20-21H,2-3,10-11H2,1H3. The van der Waals surface area contributed by atoms with Crippen molar-refractivity contribution in [3.05, 3.63) is 42.1 Å². The SMILES string of the molecule is CCn1c(C#N)ccc1-c1ccc(N2CCCS2(O)O)cc1. The zero-order valence-electron chi connectivity index (χ0n) is 12.4. The molecule has 2 heterocycles. The summed E-state index contributed by atoms with van der Waals surface area (Å²) in [7, 11) is -2.65. The Labute approximate surface area is 131 Å². The second-order valence-electron chi connectivity index (χ2n) is 5.30. The molecule has 0 aliphatic carbocycles. The van der Waals surface area contributed by atoms with Gasteiger partial charge in [0.15, 0.2) is 0 Å². The van der Waals surface area contributed by atoms with E-state index in [1.54, 1.807) is 4.31 Å². The molecular weight excluding hydrogens is 298 g/mol. The van der Waals surface area contributed by atoms with Gasteiger partial charge in [0.1, 0.15) is 11.8 Å². The first-order valence-electron chi connectivity index (χ1n) is 7.30. The lowest BCUT2D eigenvalue weighted by molar-refractivity contribution is 0.491. The van der Waals surface area contributed by atoms with Crippen LogP contribution < -0.4 is 4.31 Å². The fourth-order valence-corrected chi connectivity index (χ4v) is 4.53. The molecule has 0 saturated carbocycles. The summed E-state index contributed by atoms with van der Waals surface area (Å²) in [5, 5.41) is 9.12. The maximum absolute atomic E-state index is 10.0. The van der Waals surface area contributed by atoms with Gasteiger partial charge in [-0.25, -0.2) is 0 Å². The van der Waals surface area contributed by atoms with Crippen molar-refractivity contribution in [1.29, 1.82) is 5.26 Å². The lowest BCUT2D eigenvalue weighted by Gasteiger charge is -2.38. The molecule has 1 aromatic carbocycles. The van der Waals surface area contributed by atoms with E-state index in [9.17, 15) is 9.11 Å². The Morgan fingerprint density at radius 2 is 1.91 bits per heavy atom. The molecule has 1 saturated heterocycles. The number of nitrogens with zero attached hydrogens (tertiary/aromatic N) is 3. The van der Waals surface area contributed by atoms with Crippen LogP contribution in [0.2, 0.25) is 0 Å². The second-order valence-corrected chi connectivity index (χ2v) is 7.41. The van der Waals surface area contributed by atoms with Crippen molar-refractivity contribution in [3.63, 3.8) is 0 Å². The molecule has 2 aromatic rings. The third-order valence-corrected chi connectivity index (χ3v) is 5.93. The largest absolute Gasteiger partial charge is 0.333 e. The van der Waals surface area contributed by atoms with E-state index in [0.717, 1.165) is 29.9 Å². The van der Waals surface area contributed by atoms with Crippen molar-refractivity contribution in [2.45, 2.75) is 19.9 Å². The lowest BCUT2D eigenvalue weighted by atomic mass is 10.1. The molecule has 1 fully saturated rings. The van der Waals surface area contributed by atoms with Crippen LogP contribution in [0.5, 0.6) is 0 Å². The number of hydrogen-bond acceptors (Lipinski definition) is 4. The molecule has 1 aliphatic heterocycles. The minimum absolute atomic E-state index is 0.443. The highest BCUT2D eigenvalue weighted by molar-refractivity contribution is 8.25. The van der Waals surface area contributed by atoms with Gasteiger partial charge in [-0.15, -0.1) is 10.8 Å². The van der Waals surface area contributed by atoms with Gasteiger partial charge in [-0.1, -0.05) is 12.1 Å². The average molecular weight is 317 g/mol. The van der Waals surface area contributed by atoms with Gasteiger partial charge >= 0.3 is 0 Å². The predicted molar refractivity (Wildman–Crippen MR) is 89.9 cm³/mol. The Morgan fingerprint density at radius 3 is 2.45 bits per heavy atom. The Morgan fingerprint density at radius 1 is 1.18 bits per heavy atom. The molecule has 6 heteroatoms. The quantitative estimate of drug-likeness (QED) is 0.900. The number of anilines is 1. The van der Waals surface area contributed by atoms with Crippen LogP contribution in [0.4, 0.5) is 5.69 Å². The molecule has 0 atom stereocenters. The van der Waals surface area contributed by atoms with Crippen LogP contribution in [-0.2, 0) is 6.54 Å². The normalized spacial score (nSPS) is 18.2. The third-order valence-electron chi connectivity index (χ3n) is 3.99. The number of hydrogen-bond donors (Lipinski definition) is 2. The van der Waals surface area contributed by atoms with Gasteiger partial charge in [0.25, 0.3) is 0 Å². The van der Waals surface area contributed by atoms with Gasteiger partial charge in [0.2, 0.25) is 0 Å². The fourth-order valence-electron chi connectivity index (χ4n) is 2.91. The number of nitriles is 1. The predicted octanol–water partition coefficient (Wildman–Crippen LogP) is 3.92. The summed E-state index contributed by atoms with van der Waals surface area (Å²) < 4.78 is 23.7. The smallest absolute Gasteiger partial charge is 0.120 e. The molecule has 0 radical (unpaired) electrons. The van der Waals surface area contributed by atoms with E-state index < -0.39 is 10.8 Å². The minimum atomic E-state index is -2.65. The van der Waals surface area contributed by atoms with Crippen molar-refractivity contribution in [1.82, 2.24) is 4.57 Å². The van der Waals surface area contributed by atoms with Crippen LogP contribution >= 0.6 is 10.8 Å². The first-order valence-corrected chi connectivity index (χ1v) is 8.98. The Hall–Kier alpha value is -1.94. The van der Waals surface area contributed by atoms with Gasteiger partial charge in [0, 0.05) is 18.8 Å². The minimum Gasteiger partial charge on any atom is -0.333 e. The average Bonchev–Trinajstić information content (AvgIpc) is 3.09. The van der Waals surface area contributed by atoms with Crippen LogP contribution in [0.15, 0.2) is 36.4 Å². The van der Waals surface area contributed by atoms with Crippen LogP contribution in [0.25, 0.3) is 11.3 Å². The van der Waals surface area contributed by atoms with Gasteiger partial charge < -0.3 is 4.57 Å². The fraction of sp³-hybridized carbons (Fsp3) is 0.312. The third kappa shape index (κ3) is 2.48. The van der Waals surface area contributed by atoms with Crippen LogP contribution in [0.1, 0.15) is 19.0 Å². The summed E-state index contributed by atoms with van der Waals surface area (Å²) in [6.07, 6.45) is 0.800. The molecule has 22 heavy (non-hydrogen) atoms. The molecule has 0 amide bonds. The topological polar surface area (TPSA) is 72.4 Å². The summed E-state index contributed by atoms with van der Waals surface area (Å²) in [5.74, 6) is 0.443. The summed E-state index contributed by atoms with van der Waals surface area (Å²) in [6, 6.07) is 13.7. The van der Waals surface area contributed by atoms with Crippen LogP contribution in [0.3, 0.4) is 0 Å². The van der Waals surface area contributed by atoms with Crippen molar-refractivity contribution >= 4 is 16.5 Å². The Bertz CT molecular complexity index is 716. The van der Waals surface area contributed by atoms with Crippen LogP contribution in [-0.4, -0.2) is 26.0 Å². The van der Waals surface area contributed by atoms with Crippen molar-refractivity contribution < 1.29 is 9.11 Å². The van der Waals surface area contributed by atoms with E-state index in [4.69, 9.17) is 5.26 Å². The first kappa shape index (κ1) is 15.0. The molecule has 1 aromatic heterocycles. The maximum atomic E-state index is 10.0. The summed E-state index contributed by atoms with van der Waals surface area (Å²) in [6.45, 7) is 3.42. The lowest BCUT2D eigenvalue weighted by Crippen LogP contribution is -2.21. The molecule has 1 aliphatic rings. The molecule has 3 rings (SSSR count). The Kier molecular flexibility index (Phi) is 3.87. The van der Waals surface area contributed by atoms with Crippen molar-refractivity contribution in [3.8, 4) is 17.3 Å². The second kappa shape index (κ2) is 5.69. The van der Waals surface area contributed by atoms with Crippen molar-refractivity contribution in [2.75, 3.05) is 16.6 Å². The summed E-state index contributed by atoms with van der Waals surface area (Å²) in [5.41, 5.74) is 3.49. The molecule has 5 nitrogen and oxygen atoms in total. The van der Waals surface area contributed by atoms with E-state index in [1.165, 1.54) is 0 Å². The van der Waals surface area contributed by atoms with E-state index in [-0.39, 0.29) is 0 Å². The number of rotatable bonds is 3. The molecule has 116 valence electrons. The molecule has 0 unspecified atom stereocenters. The van der Waals surface area contributed by atoms with Crippen LogP contribution in [0, 0.1) is 11.3 Å². The molecule has 2 N–H and O–H groups in total. The van der Waals surface area contributed by atoms with Gasteiger partial charge in [-0.3, -0.25) is 13.4 Å². The van der Waals surface area contributed by atoms with Gasteiger partial charge in [-0.05, 0) is 43.2 Å². The number of aromatic nitrogens is 1. The van der Waals surface area contributed by atoms with E-state index in [1.807, 2.05) is 47.9 Å². The molecule has 0 bridgehead atoms. The maximum Gasteiger partial charge on any atom is 0.120 e.